The van der Waals surface area contributed by atoms with Crippen LogP contribution < -0.4 is 5.73 Å². The van der Waals surface area contributed by atoms with Crippen LogP contribution >= 0.6 is 0 Å². The SMILES string of the molecule is C[C@]12CCCCC1[C@@H](CN)C[C@@H]1[C@@H]2CC[C@]23C4OCCOC2(CC[C@@H]13)OCCO4. The van der Waals surface area contributed by atoms with E-state index in [9.17, 15) is 0 Å². The van der Waals surface area contributed by atoms with Gasteiger partial charge in [-0.2, -0.15) is 0 Å². The molecule has 2 aliphatic heterocycles. The number of rotatable bonds is 1. The van der Waals surface area contributed by atoms with E-state index >= 15 is 0 Å². The Labute approximate surface area is 175 Å². The molecule has 0 aromatic carbocycles. The van der Waals surface area contributed by atoms with Crippen molar-refractivity contribution >= 4 is 0 Å². The molecular weight excluding hydrogens is 366 g/mol. The molecule has 6 rings (SSSR count). The summed E-state index contributed by atoms with van der Waals surface area (Å²) in [5.41, 5.74) is 6.72. The maximum atomic E-state index is 6.54. The van der Waals surface area contributed by atoms with Gasteiger partial charge in [-0.25, -0.2) is 0 Å². The summed E-state index contributed by atoms with van der Waals surface area (Å²) in [6.45, 7) is 5.94. The van der Waals surface area contributed by atoms with E-state index in [4.69, 9.17) is 24.7 Å². The molecule has 1 unspecified atom stereocenters. The zero-order chi connectivity index (χ0) is 19.7. The minimum Gasteiger partial charge on any atom is -0.349 e. The fourth-order valence-electron chi connectivity index (χ4n) is 9.52. The molecule has 5 heteroatoms. The summed E-state index contributed by atoms with van der Waals surface area (Å²) in [5.74, 6) is 3.08. The minimum atomic E-state index is -0.497. The highest BCUT2D eigenvalue weighted by Gasteiger charge is 2.73. The van der Waals surface area contributed by atoms with E-state index < -0.39 is 5.79 Å². The highest BCUT2D eigenvalue weighted by Crippen LogP contribution is 2.71. The lowest BCUT2D eigenvalue weighted by atomic mass is 9.42. The van der Waals surface area contributed by atoms with Gasteiger partial charge in [-0.1, -0.05) is 19.8 Å². The van der Waals surface area contributed by atoms with Crippen LogP contribution in [0.2, 0.25) is 0 Å². The van der Waals surface area contributed by atoms with E-state index in [1.165, 1.54) is 44.9 Å². The predicted molar refractivity (Wildman–Crippen MR) is 109 cm³/mol. The van der Waals surface area contributed by atoms with Gasteiger partial charge in [-0.3, -0.25) is 0 Å². The molecule has 2 N–H and O–H groups in total. The molecule has 6 aliphatic rings. The first-order chi connectivity index (χ1) is 14.1. The van der Waals surface area contributed by atoms with Crippen molar-refractivity contribution in [3.63, 3.8) is 0 Å². The molecule has 0 aromatic rings. The molecule has 6 fully saturated rings. The number of nitrogens with two attached hydrogens (primary N) is 1. The van der Waals surface area contributed by atoms with E-state index in [0.29, 0.717) is 49.6 Å². The molecule has 0 amide bonds. The molecule has 2 bridgehead atoms. The van der Waals surface area contributed by atoms with Crippen LogP contribution in [0.5, 0.6) is 0 Å². The third-order valence-electron chi connectivity index (χ3n) is 10.5. The molecule has 0 radical (unpaired) electrons. The molecule has 1 spiro atoms. The van der Waals surface area contributed by atoms with Gasteiger partial charge < -0.3 is 24.7 Å². The van der Waals surface area contributed by atoms with Gasteiger partial charge in [0.2, 0.25) is 0 Å². The lowest BCUT2D eigenvalue weighted by Gasteiger charge is -2.63. The zero-order valence-electron chi connectivity index (χ0n) is 18.1. The molecule has 4 aliphatic carbocycles. The maximum absolute atomic E-state index is 6.54. The summed E-state index contributed by atoms with van der Waals surface area (Å²) in [6.07, 6.45) is 11.3. The van der Waals surface area contributed by atoms with E-state index in [-0.39, 0.29) is 11.7 Å². The molecule has 5 nitrogen and oxygen atoms in total. The molecule has 2 heterocycles. The summed E-state index contributed by atoms with van der Waals surface area (Å²) in [6, 6.07) is 0. The van der Waals surface area contributed by atoms with Crippen molar-refractivity contribution in [2.24, 2.45) is 46.2 Å². The standard InChI is InChI=1S/C24H39NO4/c1-22-7-3-2-4-18(22)16(15-25)14-17-19(22)5-8-23-20(17)6-9-24(23)28-12-10-26-21(23)27-11-13-29-24/h16-21H,2-15,25H2,1H3/t16-,17-,18?,19+,20+,21?,22+,23+,24?/m1/s1. The van der Waals surface area contributed by atoms with Crippen LogP contribution in [0.15, 0.2) is 0 Å². The largest absolute Gasteiger partial charge is 0.349 e. The Balaban J connectivity index is 1.42. The quantitative estimate of drug-likeness (QED) is 0.721. The zero-order valence-corrected chi connectivity index (χ0v) is 18.1. The molecule has 4 saturated carbocycles. The number of ether oxygens (including phenoxy) is 4. The topological polar surface area (TPSA) is 62.9 Å². The first-order valence-corrected chi connectivity index (χ1v) is 12.4. The second kappa shape index (κ2) is 6.90. The first kappa shape index (κ1) is 19.5. The Kier molecular flexibility index (Phi) is 4.63. The Hall–Kier alpha value is -0.200. The van der Waals surface area contributed by atoms with Gasteiger partial charge >= 0.3 is 0 Å². The van der Waals surface area contributed by atoms with Gasteiger partial charge in [0, 0.05) is 6.42 Å². The van der Waals surface area contributed by atoms with Crippen molar-refractivity contribution in [2.75, 3.05) is 33.0 Å². The van der Waals surface area contributed by atoms with Crippen molar-refractivity contribution < 1.29 is 18.9 Å². The van der Waals surface area contributed by atoms with E-state index in [0.717, 1.165) is 31.2 Å². The highest BCUT2D eigenvalue weighted by molar-refractivity contribution is 5.16. The van der Waals surface area contributed by atoms with Gasteiger partial charge in [-0.05, 0) is 80.1 Å². The summed E-state index contributed by atoms with van der Waals surface area (Å²) >= 11 is 0. The molecule has 7 atom stereocenters. The van der Waals surface area contributed by atoms with Crippen molar-refractivity contribution in [3.05, 3.63) is 0 Å². The van der Waals surface area contributed by atoms with Gasteiger partial charge in [-0.15, -0.1) is 0 Å². The fraction of sp³-hybridized carbons (Fsp3) is 1.00. The number of fused-ring (bicyclic) bond motifs is 4. The monoisotopic (exact) mass is 405 g/mol. The Morgan fingerprint density at radius 3 is 2.34 bits per heavy atom. The van der Waals surface area contributed by atoms with E-state index in [1.807, 2.05) is 0 Å². The van der Waals surface area contributed by atoms with Gasteiger partial charge in [0.25, 0.3) is 0 Å². The van der Waals surface area contributed by atoms with Crippen LogP contribution in [0.25, 0.3) is 0 Å². The predicted octanol–water partition coefficient (Wildman–Crippen LogP) is 3.70. The normalized spacial score (nSPS) is 56.9. The maximum Gasteiger partial charge on any atom is 0.179 e. The van der Waals surface area contributed by atoms with E-state index in [1.54, 1.807) is 0 Å². The van der Waals surface area contributed by atoms with Crippen LogP contribution in [0.1, 0.15) is 64.7 Å². The van der Waals surface area contributed by atoms with Crippen LogP contribution in [0.4, 0.5) is 0 Å². The van der Waals surface area contributed by atoms with E-state index in [2.05, 4.69) is 6.92 Å². The second-order valence-corrected chi connectivity index (χ2v) is 11.1. The summed E-state index contributed by atoms with van der Waals surface area (Å²) in [4.78, 5) is 0. The summed E-state index contributed by atoms with van der Waals surface area (Å²) in [7, 11) is 0. The average Bonchev–Trinajstić information content (AvgIpc) is 2.91. The second-order valence-electron chi connectivity index (χ2n) is 11.1. The Morgan fingerprint density at radius 1 is 0.828 bits per heavy atom. The average molecular weight is 406 g/mol. The molecular formula is C24H39NO4. The first-order valence-electron chi connectivity index (χ1n) is 12.4. The van der Waals surface area contributed by atoms with Crippen molar-refractivity contribution in [1.29, 1.82) is 0 Å². The molecule has 164 valence electrons. The Bertz CT molecular complexity index is 630. The Morgan fingerprint density at radius 2 is 1.59 bits per heavy atom. The van der Waals surface area contributed by atoms with Crippen LogP contribution in [-0.2, 0) is 18.9 Å². The van der Waals surface area contributed by atoms with Crippen molar-refractivity contribution in [1.82, 2.24) is 0 Å². The number of hydrogen-bond acceptors (Lipinski definition) is 5. The van der Waals surface area contributed by atoms with Crippen LogP contribution in [0.3, 0.4) is 0 Å². The highest BCUT2D eigenvalue weighted by atomic mass is 16.8. The van der Waals surface area contributed by atoms with Crippen molar-refractivity contribution in [2.45, 2.75) is 76.8 Å². The van der Waals surface area contributed by atoms with Gasteiger partial charge in [0.15, 0.2) is 12.1 Å². The lowest BCUT2D eigenvalue weighted by Crippen LogP contribution is -2.63. The third-order valence-corrected chi connectivity index (χ3v) is 10.5. The van der Waals surface area contributed by atoms with Crippen LogP contribution in [-0.4, -0.2) is 45.0 Å². The number of hydrogen-bond donors (Lipinski definition) is 1. The molecule has 0 aromatic heterocycles. The van der Waals surface area contributed by atoms with Crippen molar-refractivity contribution in [3.8, 4) is 0 Å². The minimum absolute atomic E-state index is 0.141. The van der Waals surface area contributed by atoms with Gasteiger partial charge in [0.05, 0.1) is 31.8 Å². The smallest absolute Gasteiger partial charge is 0.179 e. The molecule has 2 saturated heterocycles. The van der Waals surface area contributed by atoms with Gasteiger partial charge in [0.1, 0.15) is 0 Å². The summed E-state index contributed by atoms with van der Waals surface area (Å²) < 4.78 is 25.7. The third kappa shape index (κ3) is 2.46. The fourth-order valence-corrected chi connectivity index (χ4v) is 9.52. The van der Waals surface area contributed by atoms with Crippen LogP contribution in [0, 0.1) is 40.4 Å². The summed E-state index contributed by atoms with van der Waals surface area (Å²) in [5, 5.41) is 0. The lowest BCUT2D eigenvalue weighted by molar-refractivity contribution is -0.320. The molecule has 29 heavy (non-hydrogen) atoms.